The number of imidazole rings is 1. The van der Waals surface area contributed by atoms with E-state index in [0.29, 0.717) is 11.5 Å². The molecule has 0 aliphatic carbocycles. The smallest absolute Gasteiger partial charge is 0.269 e. The number of non-ortho nitro benzene ring substituents is 1. The van der Waals surface area contributed by atoms with Crippen LogP contribution in [0.5, 0.6) is 11.5 Å². The molecule has 0 bridgehead atoms. The van der Waals surface area contributed by atoms with Crippen LogP contribution in [0.25, 0.3) is 11.8 Å². The Morgan fingerprint density at radius 3 is 2.67 bits per heavy atom. The van der Waals surface area contributed by atoms with Gasteiger partial charge in [-0.1, -0.05) is 0 Å². The highest BCUT2D eigenvalue weighted by atomic mass is 16.7. The second kappa shape index (κ2) is 5.60. The molecule has 8 heteroatoms. The minimum Gasteiger partial charge on any atom is -0.454 e. The van der Waals surface area contributed by atoms with E-state index >= 15 is 0 Å². The number of nitro benzene ring substituents is 1. The normalized spacial score (nSPS) is 13.9. The van der Waals surface area contributed by atoms with Crippen LogP contribution in [-0.2, 0) is 0 Å². The quantitative estimate of drug-likeness (QED) is 0.547. The summed E-state index contributed by atoms with van der Waals surface area (Å²) in [7, 11) is 0. The van der Waals surface area contributed by atoms with Gasteiger partial charge in [-0.2, -0.15) is 0 Å². The number of nitrogens with one attached hydrogen (secondary N) is 1. The number of fused-ring (bicyclic) bond motifs is 3. The standard InChI is InChI=1S/C19H14N4O4/c1-11-20-9-15-6-13-7-17-18(27-10-26-17)8-16(13)19(21-22(11)15)12-2-4-14(5-3-12)23(24)25/h2-9,21H,10H2,1H3. The second-order valence-electron chi connectivity index (χ2n) is 6.29. The van der Waals surface area contributed by atoms with Gasteiger partial charge in [-0.25, -0.2) is 9.66 Å². The van der Waals surface area contributed by atoms with Gasteiger partial charge in [0.25, 0.3) is 5.69 Å². The Bertz CT molecular complexity index is 1210. The molecule has 0 spiro atoms. The fourth-order valence-electron chi connectivity index (χ4n) is 3.30. The maximum absolute atomic E-state index is 11.0. The summed E-state index contributed by atoms with van der Waals surface area (Å²) in [5.74, 6) is 2.16. The first kappa shape index (κ1) is 15.4. The molecular formula is C19H14N4O4. The van der Waals surface area contributed by atoms with Crippen molar-refractivity contribution < 1.29 is 14.4 Å². The molecule has 3 heterocycles. The molecule has 2 aliphatic heterocycles. The Labute approximate surface area is 153 Å². The molecule has 27 heavy (non-hydrogen) atoms. The van der Waals surface area contributed by atoms with Crippen LogP contribution >= 0.6 is 0 Å². The Kier molecular flexibility index (Phi) is 3.20. The van der Waals surface area contributed by atoms with Crippen molar-refractivity contribution in [2.75, 3.05) is 12.2 Å². The van der Waals surface area contributed by atoms with Crippen LogP contribution < -0.4 is 25.3 Å². The van der Waals surface area contributed by atoms with E-state index < -0.39 is 4.92 Å². The molecule has 0 saturated heterocycles. The van der Waals surface area contributed by atoms with E-state index in [2.05, 4.69) is 10.4 Å². The lowest BCUT2D eigenvalue weighted by Gasteiger charge is -2.14. The highest BCUT2D eigenvalue weighted by Crippen LogP contribution is 2.29. The SMILES string of the molecule is Cc1ncc2n1NC(c1ccc([N+](=O)[O-])cc1)=c1cc3c(cc1=C2)OCO3. The van der Waals surface area contributed by atoms with E-state index in [0.717, 1.165) is 33.2 Å². The van der Waals surface area contributed by atoms with E-state index in [1.165, 1.54) is 12.1 Å². The van der Waals surface area contributed by atoms with Crippen molar-refractivity contribution in [2.45, 2.75) is 6.92 Å². The first-order valence-corrected chi connectivity index (χ1v) is 8.32. The van der Waals surface area contributed by atoms with Gasteiger partial charge in [-0.15, -0.1) is 0 Å². The van der Waals surface area contributed by atoms with E-state index in [1.54, 1.807) is 18.3 Å². The monoisotopic (exact) mass is 362 g/mol. The number of aryl methyl sites for hydroxylation is 1. The minimum absolute atomic E-state index is 0.0462. The van der Waals surface area contributed by atoms with Crippen LogP contribution in [0.3, 0.4) is 0 Å². The topological polar surface area (TPSA) is 91.5 Å². The molecule has 134 valence electrons. The number of hydrogen-bond acceptors (Lipinski definition) is 6. The van der Waals surface area contributed by atoms with Crippen LogP contribution in [0, 0.1) is 17.0 Å². The Balaban J connectivity index is 1.80. The molecule has 2 aromatic carbocycles. The number of ether oxygens (including phenoxy) is 2. The molecule has 5 rings (SSSR count). The first-order valence-electron chi connectivity index (χ1n) is 8.32. The number of nitro groups is 1. The Hall–Kier alpha value is -3.81. The van der Waals surface area contributed by atoms with Crippen molar-refractivity contribution in [1.82, 2.24) is 9.66 Å². The fourth-order valence-corrected chi connectivity index (χ4v) is 3.30. The zero-order valence-electron chi connectivity index (χ0n) is 14.3. The number of hydrogen-bond donors (Lipinski definition) is 1. The summed E-state index contributed by atoms with van der Waals surface area (Å²) < 4.78 is 12.9. The van der Waals surface area contributed by atoms with Crippen molar-refractivity contribution in [3.05, 3.63) is 80.2 Å². The van der Waals surface area contributed by atoms with Crippen molar-refractivity contribution >= 4 is 17.5 Å². The molecule has 1 N–H and O–H groups in total. The van der Waals surface area contributed by atoms with Gasteiger partial charge in [0.05, 0.1) is 22.5 Å². The van der Waals surface area contributed by atoms with Gasteiger partial charge >= 0.3 is 0 Å². The molecule has 3 aromatic rings. The maximum atomic E-state index is 11.0. The molecule has 0 saturated carbocycles. The van der Waals surface area contributed by atoms with Gasteiger partial charge in [0.2, 0.25) is 6.79 Å². The molecule has 0 fully saturated rings. The molecular weight excluding hydrogens is 348 g/mol. The van der Waals surface area contributed by atoms with Gasteiger partial charge in [0.1, 0.15) is 5.82 Å². The molecule has 0 atom stereocenters. The lowest BCUT2D eigenvalue weighted by Crippen LogP contribution is -2.30. The lowest BCUT2D eigenvalue weighted by atomic mass is 10.1. The molecule has 8 nitrogen and oxygen atoms in total. The fraction of sp³-hybridized carbons (Fsp3) is 0.105. The number of rotatable bonds is 2. The predicted molar refractivity (Wildman–Crippen MR) is 97.3 cm³/mol. The average Bonchev–Trinajstić information content (AvgIpc) is 3.21. The van der Waals surface area contributed by atoms with E-state index in [4.69, 9.17) is 9.47 Å². The van der Waals surface area contributed by atoms with Crippen molar-refractivity contribution in [3.8, 4) is 11.5 Å². The maximum Gasteiger partial charge on any atom is 0.269 e. The largest absolute Gasteiger partial charge is 0.454 e. The highest BCUT2D eigenvalue weighted by Gasteiger charge is 2.18. The number of nitrogens with zero attached hydrogens (tertiary/aromatic N) is 3. The van der Waals surface area contributed by atoms with E-state index in [9.17, 15) is 10.1 Å². The van der Waals surface area contributed by atoms with E-state index in [1.807, 2.05) is 29.8 Å². The van der Waals surface area contributed by atoms with Crippen LogP contribution in [0.15, 0.2) is 42.6 Å². The van der Waals surface area contributed by atoms with Gasteiger partial charge < -0.3 is 9.47 Å². The molecule has 0 amide bonds. The third-order valence-corrected chi connectivity index (χ3v) is 4.67. The molecule has 0 unspecified atom stereocenters. The van der Waals surface area contributed by atoms with Crippen LogP contribution in [0.1, 0.15) is 17.1 Å². The van der Waals surface area contributed by atoms with Crippen LogP contribution in [0.2, 0.25) is 0 Å². The van der Waals surface area contributed by atoms with Crippen molar-refractivity contribution in [2.24, 2.45) is 0 Å². The summed E-state index contributed by atoms with van der Waals surface area (Å²) in [6.07, 6.45) is 3.80. The van der Waals surface area contributed by atoms with Crippen LogP contribution in [-0.4, -0.2) is 21.4 Å². The van der Waals surface area contributed by atoms with Gasteiger partial charge in [-0.05, 0) is 42.5 Å². The highest BCUT2D eigenvalue weighted by molar-refractivity contribution is 5.73. The third kappa shape index (κ3) is 2.42. The summed E-state index contributed by atoms with van der Waals surface area (Å²) >= 11 is 0. The zero-order valence-corrected chi connectivity index (χ0v) is 14.3. The van der Waals surface area contributed by atoms with E-state index in [-0.39, 0.29) is 12.5 Å². The second-order valence-corrected chi connectivity index (χ2v) is 6.29. The van der Waals surface area contributed by atoms with Crippen LogP contribution in [0.4, 0.5) is 5.69 Å². The van der Waals surface area contributed by atoms with Gasteiger partial charge in [0, 0.05) is 22.9 Å². The minimum atomic E-state index is -0.410. The average molecular weight is 362 g/mol. The summed E-state index contributed by atoms with van der Waals surface area (Å²) in [5, 5.41) is 12.8. The van der Waals surface area contributed by atoms with Crippen molar-refractivity contribution in [3.63, 3.8) is 0 Å². The Morgan fingerprint density at radius 1 is 1.19 bits per heavy atom. The summed E-state index contributed by atoms with van der Waals surface area (Å²) in [4.78, 5) is 14.9. The summed E-state index contributed by atoms with van der Waals surface area (Å²) in [6.45, 7) is 2.09. The number of benzene rings is 2. The van der Waals surface area contributed by atoms with Gasteiger partial charge in [0.15, 0.2) is 11.5 Å². The zero-order chi connectivity index (χ0) is 18.5. The molecule has 2 aliphatic rings. The predicted octanol–water partition coefficient (Wildman–Crippen LogP) is 1.37. The molecule has 0 radical (unpaired) electrons. The van der Waals surface area contributed by atoms with Crippen molar-refractivity contribution in [1.29, 1.82) is 0 Å². The summed E-state index contributed by atoms with van der Waals surface area (Å²) in [6, 6.07) is 10.3. The number of aromatic nitrogens is 2. The lowest BCUT2D eigenvalue weighted by molar-refractivity contribution is -0.384. The third-order valence-electron chi connectivity index (χ3n) is 4.67. The molecule has 1 aromatic heterocycles. The first-order chi connectivity index (χ1) is 13.1. The van der Waals surface area contributed by atoms with Gasteiger partial charge in [-0.3, -0.25) is 15.5 Å². The Morgan fingerprint density at radius 2 is 1.93 bits per heavy atom. The summed E-state index contributed by atoms with van der Waals surface area (Å²) in [5.41, 5.74) is 5.95.